The van der Waals surface area contributed by atoms with Crippen molar-refractivity contribution in [2.24, 2.45) is 0 Å². The number of carbonyl (C=O) groups is 1. The van der Waals surface area contributed by atoms with E-state index in [0.29, 0.717) is 19.0 Å². The van der Waals surface area contributed by atoms with Gasteiger partial charge in [0.15, 0.2) is 6.61 Å². The Bertz CT molecular complexity index is 978. The van der Waals surface area contributed by atoms with E-state index in [2.05, 4.69) is 15.2 Å². The van der Waals surface area contributed by atoms with E-state index in [4.69, 9.17) is 9.47 Å². The molecule has 0 atom stereocenters. The number of hydrogen-bond donors (Lipinski definition) is 1. The third kappa shape index (κ3) is 3.92. The van der Waals surface area contributed by atoms with E-state index >= 15 is 0 Å². The third-order valence-electron chi connectivity index (χ3n) is 4.82. The first-order valence-corrected chi connectivity index (χ1v) is 9.41. The van der Waals surface area contributed by atoms with Crippen LogP contribution in [0.25, 0.3) is 10.9 Å². The number of nitrogens with zero attached hydrogens (tertiary/aromatic N) is 2. The molecule has 1 aliphatic rings. The molecule has 144 valence electrons. The fraction of sp³-hybridized carbons (Fsp3) is 0.273. The lowest BCUT2D eigenvalue weighted by Crippen LogP contribution is -2.37. The molecule has 0 spiro atoms. The van der Waals surface area contributed by atoms with Crippen LogP contribution in [0.2, 0.25) is 0 Å². The number of amides is 1. The van der Waals surface area contributed by atoms with Crippen LogP contribution < -0.4 is 15.0 Å². The fourth-order valence-electron chi connectivity index (χ4n) is 3.39. The first-order chi connectivity index (χ1) is 13.7. The summed E-state index contributed by atoms with van der Waals surface area (Å²) < 4.78 is 11.2. The van der Waals surface area contributed by atoms with Gasteiger partial charge >= 0.3 is 0 Å². The highest BCUT2D eigenvalue weighted by atomic mass is 16.5. The molecule has 28 heavy (non-hydrogen) atoms. The Morgan fingerprint density at radius 2 is 1.93 bits per heavy atom. The number of fused-ring (bicyclic) bond motifs is 1. The van der Waals surface area contributed by atoms with E-state index in [-0.39, 0.29) is 12.5 Å². The number of para-hydroxylation sites is 2. The highest BCUT2D eigenvalue weighted by molar-refractivity contribution is 5.96. The van der Waals surface area contributed by atoms with Gasteiger partial charge in [-0.3, -0.25) is 9.78 Å². The topological polar surface area (TPSA) is 63.7 Å². The van der Waals surface area contributed by atoms with E-state index < -0.39 is 0 Å². The Hall–Kier alpha value is -3.12. The first-order valence-electron chi connectivity index (χ1n) is 9.41. The first kappa shape index (κ1) is 18.3. The van der Waals surface area contributed by atoms with E-state index in [0.717, 1.165) is 40.9 Å². The Labute approximate surface area is 164 Å². The molecular weight excluding hydrogens is 354 g/mol. The molecule has 2 aromatic carbocycles. The Kier molecular flexibility index (Phi) is 5.39. The maximum Gasteiger partial charge on any atom is 0.262 e. The Balaban J connectivity index is 1.48. The van der Waals surface area contributed by atoms with Crippen LogP contribution in [0, 0.1) is 6.92 Å². The molecule has 4 rings (SSSR count). The summed E-state index contributed by atoms with van der Waals surface area (Å²) in [6, 6.07) is 15.6. The Morgan fingerprint density at radius 1 is 1.14 bits per heavy atom. The predicted molar refractivity (Wildman–Crippen MR) is 110 cm³/mol. The second-order valence-corrected chi connectivity index (χ2v) is 6.74. The van der Waals surface area contributed by atoms with E-state index in [1.807, 2.05) is 55.5 Å². The van der Waals surface area contributed by atoms with Gasteiger partial charge < -0.3 is 19.7 Å². The number of nitrogens with one attached hydrogen (secondary N) is 1. The zero-order valence-electron chi connectivity index (χ0n) is 15.9. The van der Waals surface area contributed by atoms with Gasteiger partial charge in [0.1, 0.15) is 11.3 Å². The van der Waals surface area contributed by atoms with Crippen molar-refractivity contribution in [3.05, 3.63) is 60.3 Å². The van der Waals surface area contributed by atoms with Crippen molar-refractivity contribution in [2.75, 3.05) is 43.1 Å². The van der Waals surface area contributed by atoms with Gasteiger partial charge in [0.05, 0.1) is 24.6 Å². The molecule has 6 heteroatoms. The van der Waals surface area contributed by atoms with Crippen LogP contribution in [0.4, 0.5) is 11.4 Å². The summed E-state index contributed by atoms with van der Waals surface area (Å²) in [6.07, 6.45) is 1.72. The van der Waals surface area contributed by atoms with Crippen molar-refractivity contribution in [3.8, 4) is 5.75 Å². The van der Waals surface area contributed by atoms with Crippen LogP contribution in [-0.4, -0.2) is 43.8 Å². The van der Waals surface area contributed by atoms with Crippen molar-refractivity contribution >= 4 is 28.2 Å². The summed E-state index contributed by atoms with van der Waals surface area (Å²) in [4.78, 5) is 19.2. The maximum atomic E-state index is 12.6. The van der Waals surface area contributed by atoms with E-state index in [1.165, 1.54) is 0 Å². The minimum Gasteiger partial charge on any atom is -0.481 e. The highest BCUT2D eigenvalue weighted by Gasteiger charge is 2.18. The molecular formula is C22H23N3O3. The summed E-state index contributed by atoms with van der Waals surface area (Å²) in [5.74, 6) is 0.406. The van der Waals surface area contributed by atoms with Gasteiger partial charge in [-0.25, -0.2) is 0 Å². The van der Waals surface area contributed by atoms with Gasteiger partial charge in [-0.05, 0) is 30.7 Å². The van der Waals surface area contributed by atoms with Gasteiger partial charge in [-0.1, -0.05) is 30.3 Å². The average molecular weight is 377 g/mol. The van der Waals surface area contributed by atoms with Crippen molar-refractivity contribution in [1.82, 2.24) is 4.98 Å². The average Bonchev–Trinajstić information content (AvgIpc) is 2.74. The number of aryl methyl sites for hydroxylation is 1. The van der Waals surface area contributed by atoms with Crippen LogP contribution in [0.5, 0.6) is 5.75 Å². The molecule has 1 saturated heterocycles. The molecule has 1 aliphatic heterocycles. The van der Waals surface area contributed by atoms with Crippen molar-refractivity contribution < 1.29 is 14.3 Å². The van der Waals surface area contributed by atoms with E-state index in [9.17, 15) is 4.79 Å². The highest BCUT2D eigenvalue weighted by Crippen LogP contribution is 2.30. The molecule has 1 N–H and O–H groups in total. The molecule has 6 nitrogen and oxygen atoms in total. The minimum atomic E-state index is -0.197. The van der Waals surface area contributed by atoms with Crippen molar-refractivity contribution in [2.45, 2.75) is 6.92 Å². The number of benzene rings is 2. The molecule has 1 fully saturated rings. The monoisotopic (exact) mass is 377 g/mol. The van der Waals surface area contributed by atoms with Crippen LogP contribution in [0.3, 0.4) is 0 Å². The number of carbonyl (C=O) groups excluding carboxylic acids is 1. The number of morpholine rings is 1. The maximum absolute atomic E-state index is 12.6. The molecule has 2 heterocycles. The number of ether oxygens (including phenoxy) is 2. The fourth-order valence-corrected chi connectivity index (χ4v) is 3.39. The van der Waals surface area contributed by atoms with Crippen LogP contribution in [0.15, 0.2) is 54.7 Å². The minimum absolute atomic E-state index is 0.0768. The number of rotatable bonds is 5. The predicted octanol–water partition coefficient (Wildman–Crippen LogP) is 3.40. The van der Waals surface area contributed by atoms with Crippen LogP contribution in [-0.2, 0) is 9.53 Å². The molecule has 0 radical (unpaired) electrons. The van der Waals surface area contributed by atoms with Crippen molar-refractivity contribution in [1.29, 1.82) is 0 Å². The summed E-state index contributed by atoms with van der Waals surface area (Å²) in [6.45, 7) is 4.92. The molecule has 1 aromatic heterocycles. The SMILES string of the molecule is Cc1cccc(N2CCOCC2)c1NC(=O)COc1cccc2cccnc12. The second-order valence-electron chi connectivity index (χ2n) is 6.74. The van der Waals surface area contributed by atoms with Crippen LogP contribution in [0.1, 0.15) is 5.56 Å². The van der Waals surface area contributed by atoms with Crippen LogP contribution >= 0.6 is 0 Å². The largest absolute Gasteiger partial charge is 0.481 e. The summed E-state index contributed by atoms with van der Waals surface area (Å²) >= 11 is 0. The zero-order chi connectivity index (χ0) is 19.3. The lowest BCUT2D eigenvalue weighted by atomic mass is 10.1. The standard InChI is InChI=1S/C22H23N3O3/c1-16-5-2-8-18(25-11-13-27-14-12-25)21(16)24-20(26)15-28-19-9-3-6-17-7-4-10-23-22(17)19/h2-10H,11-15H2,1H3,(H,24,26). The van der Waals surface area contributed by atoms with Gasteiger partial charge in [-0.15, -0.1) is 0 Å². The molecule has 3 aromatic rings. The van der Waals surface area contributed by atoms with Gasteiger partial charge in [-0.2, -0.15) is 0 Å². The van der Waals surface area contributed by atoms with Gasteiger partial charge in [0.2, 0.25) is 0 Å². The Morgan fingerprint density at radius 3 is 2.79 bits per heavy atom. The molecule has 0 saturated carbocycles. The second kappa shape index (κ2) is 8.27. The number of hydrogen-bond acceptors (Lipinski definition) is 5. The number of aromatic nitrogens is 1. The quantitative estimate of drug-likeness (QED) is 0.738. The number of anilines is 2. The summed E-state index contributed by atoms with van der Waals surface area (Å²) in [5.41, 5.74) is 3.62. The number of pyridine rings is 1. The van der Waals surface area contributed by atoms with E-state index in [1.54, 1.807) is 6.20 Å². The lowest BCUT2D eigenvalue weighted by Gasteiger charge is -2.31. The smallest absolute Gasteiger partial charge is 0.262 e. The zero-order valence-corrected chi connectivity index (χ0v) is 15.9. The van der Waals surface area contributed by atoms with Crippen molar-refractivity contribution in [3.63, 3.8) is 0 Å². The molecule has 0 unspecified atom stereocenters. The summed E-state index contributed by atoms with van der Waals surface area (Å²) in [5, 5.41) is 4.01. The molecule has 0 bridgehead atoms. The lowest BCUT2D eigenvalue weighted by molar-refractivity contribution is -0.118. The third-order valence-corrected chi connectivity index (χ3v) is 4.82. The molecule has 1 amide bonds. The van der Waals surface area contributed by atoms with Gasteiger partial charge in [0, 0.05) is 24.7 Å². The van der Waals surface area contributed by atoms with Gasteiger partial charge in [0.25, 0.3) is 5.91 Å². The molecule has 0 aliphatic carbocycles. The summed E-state index contributed by atoms with van der Waals surface area (Å²) in [7, 11) is 0. The normalized spacial score (nSPS) is 14.1.